The molecule has 0 aromatic heterocycles. The molecular weight excluding hydrogens is 624 g/mol. The van der Waals surface area contributed by atoms with Crippen molar-refractivity contribution >= 4 is 20.4 Å². The number of nitrogens with two attached hydrogens (primary N) is 1. The van der Waals surface area contributed by atoms with Crippen LogP contribution in [0, 0.1) is 5.82 Å². The fourth-order valence-corrected chi connectivity index (χ4v) is 3.74. The zero-order valence-electron chi connectivity index (χ0n) is 24.7. The molecule has 0 unspecified atom stereocenters. The third-order valence-electron chi connectivity index (χ3n) is 5.39. The van der Waals surface area contributed by atoms with Gasteiger partial charge in [-0.3, -0.25) is 9.99 Å². The largest absolute Gasteiger partial charge is 0.416 e. The Balaban J connectivity index is 0.000000783. The Hall–Kier alpha value is -2.88. The minimum Gasteiger partial charge on any atom is -0.389 e. The van der Waals surface area contributed by atoms with E-state index in [1.54, 1.807) is 12.1 Å². The SMILES string of the molecule is CC.CC.C[C@@H](O)c1cc(C(F)(F)F)cc(C(F)(F)F)c1.N/C(CN1CCOC[C@@H]1c1ccc(F)cc1)=N\C(=O)NP(O)O. The fourth-order valence-electron chi connectivity index (χ4n) is 3.52. The molecule has 2 atom stereocenters. The number of alkyl halides is 6. The molecular formula is C27H38F7N4O5P. The van der Waals surface area contributed by atoms with Crippen molar-refractivity contribution < 1.29 is 55.2 Å². The number of nitrogens with one attached hydrogen (secondary N) is 1. The van der Waals surface area contributed by atoms with Crippen LogP contribution in [0.4, 0.5) is 35.5 Å². The second-order valence-electron chi connectivity index (χ2n) is 8.44. The molecule has 9 nitrogen and oxygen atoms in total. The summed E-state index contributed by atoms with van der Waals surface area (Å²) >= 11 is 0. The fraction of sp³-hybridized carbons (Fsp3) is 0.481. The lowest BCUT2D eigenvalue weighted by Crippen LogP contribution is -2.44. The molecule has 1 aliphatic rings. The first-order chi connectivity index (χ1) is 20.5. The number of benzene rings is 2. The molecule has 2 aromatic rings. The van der Waals surface area contributed by atoms with Crippen molar-refractivity contribution in [1.29, 1.82) is 0 Å². The molecule has 1 aliphatic heterocycles. The summed E-state index contributed by atoms with van der Waals surface area (Å²) in [6.45, 7) is 10.8. The van der Waals surface area contributed by atoms with Crippen LogP contribution in [0.1, 0.15) is 69.0 Å². The number of halogens is 7. The highest BCUT2D eigenvalue weighted by Crippen LogP contribution is 2.37. The Labute approximate surface area is 252 Å². The number of aliphatic imine (C=N–C) groups is 1. The van der Waals surface area contributed by atoms with E-state index in [9.17, 15) is 35.5 Å². The number of hydrogen-bond donors (Lipinski definition) is 5. The molecule has 6 N–H and O–H groups in total. The molecule has 0 radical (unpaired) electrons. The zero-order valence-corrected chi connectivity index (χ0v) is 25.6. The quantitative estimate of drug-likeness (QED) is 0.109. The monoisotopic (exact) mass is 662 g/mol. The third-order valence-corrected chi connectivity index (χ3v) is 5.78. The molecule has 2 aromatic carbocycles. The smallest absolute Gasteiger partial charge is 0.389 e. The average Bonchev–Trinajstić information content (AvgIpc) is 2.94. The third kappa shape index (κ3) is 14.7. The lowest BCUT2D eigenvalue weighted by Gasteiger charge is -2.35. The van der Waals surface area contributed by atoms with Crippen LogP contribution in [-0.4, -0.2) is 58.0 Å². The summed E-state index contributed by atoms with van der Waals surface area (Å²) in [7, 11) is -2.57. The van der Waals surface area contributed by atoms with E-state index < -0.39 is 49.7 Å². The number of urea groups is 1. The Morgan fingerprint density at radius 3 is 1.98 bits per heavy atom. The number of ether oxygens (including phenoxy) is 1. The molecule has 0 bridgehead atoms. The predicted octanol–water partition coefficient (Wildman–Crippen LogP) is 6.31. The van der Waals surface area contributed by atoms with Gasteiger partial charge in [0.05, 0.1) is 43.0 Å². The van der Waals surface area contributed by atoms with E-state index in [0.29, 0.717) is 31.9 Å². The Morgan fingerprint density at radius 2 is 1.55 bits per heavy atom. The van der Waals surface area contributed by atoms with Gasteiger partial charge in [-0.25, -0.2) is 9.18 Å². The second-order valence-corrected chi connectivity index (χ2v) is 9.24. The number of carbonyl (C=O) groups excluding carboxylic acids is 1. The number of morpholine rings is 1. The van der Waals surface area contributed by atoms with E-state index in [-0.39, 0.29) is 30.3 Å². The second kappa shape index (κ2) is 19.5. The summed E-state index contributed by atoms with van der Waals surface area (Å²) in [5.74, 6) is -0.285. The van der Waals surface area contributed by atoms with Crippen molar-refractivity contribution in [3.05, 3.63) is 70.5 Å². The molecule has 0 aliphatic carbocycles. The van der Waals surface area contributed by atoms with Crippen LogP contribution < -0.4 is 10.8 Å². The number of rotatable bonds is 5. The summed E-state index contributed by atoms with van der Waals surface area (Å²) in [6.07, 6.45) is -11.2. The number of aliphatic hydroxyl groups is 1. The topological polar surface area (TPSA) is 141 Å². The van der Waals surface area contributed by atoms with Gasteiger partial charge in [-0.2, -0.15) is 31.3 Å². The van der Waals surface area contributed by atoms with Gasteiger partial charge in [-0.15, -0.1) is 0 Å². The van der Waals surface area contributed by atoms with E-state index in [4.69, 9.17) is 25.4 Å². The zero-order chi connectivity index (χ0) is 34.3. The van der Waals surface area contributed by atoms with E-state index in [0.717, 1.165) is 12.5 Å². The van der Waals surface area contributed by atoms with Gasteiger partial charge < -0.3 is 25.4 Å². The normalized spacial score (nSPS) is 16.4. The lowest BCUT2D eigenvalue weighted by molar-refractivity contribution is -0.143. The van der Waals surface area contributed by atoms with Crippen LogP contribution in [0.2, 0.25) is 0 Å². The summed E-state index contributed by atoms with van der Waals surface area (Å²) < 4.78 is 92.6. The highest BCUT2D eigenvalue weighted by atomic mass is 31.2. The number of amidine groups is 1. The van der Waals surface area contributed by atoms with Gasteiger partial charge in [0.2, 0.25) is 0 Å². The van der Waals surface area contributed by atoms with Gasteiger partial charge in [-0.05, 0) is 48.4 Å². The average molecular weight is 663 g/mol. The van der Waals surface area contributed by atoms with Gasteiger partial charge in [0.15, 0.2) is 0 Å². The summed E-state index contributed by atoms with van der Waals surface area (Å²) in [6, 6.07) is 6.07. The van der Waals surface area contributed by atoms with Gasteiger partial charge in [0.1, 0.15) is 11.7 Å². The first-order valence-corrected chi connectivity index (χ1v) is 14.6. The van der Waals surface area contributed by atoms with Crippen molar-refractivity contribution in [2.45, 2.75) is 59.1 Å². The standard InChI is InChI=1S/C13H18FN4O4P.C10H8F6O.2C2H6/c14-10-3-1-9(2-4-10)11-8-22-6-5-18(11)7-12(15)16-13(19)17-23(20)21;1-5(17)6-2-7(9(11,12)13)4-8(3-6)10(14,15)16;2*1-2/h1-4,11,20-21H,5-8H2,(H3,15,16,17,19);2-5,17H,1H3;2*1-2H3/t11-;5-;;/m11../s1. The molecule has 0 saturated carbocycles. The van der Waals surface area contributed by atoms with Crippen molar-refractivity contribution in [2.24, 2.45) is 10.7 Å². The van der Waals surface area contributed by atoms with Crippen LogP contribution in [0.25, 0.3) is 0 Å². The molecule has 3 rings (SSSR count). The van der Waals surface area contributed by atoms with Gasteiger partial charge >= 0.3 is 18.4 Å². The van der Waals surface area contributed by atoms with E-state index in [1.165, 1.54) is 12.1 Å². The Kier molecular flexibility index (Phi) is 18.2. The molecule has 1 fully saturated rings. The van der Waals surface area contributed by atoms with Crippen molar-refractivity contribution in [2.75, 3.05) is 26.3 Å². The first kappa shape index (κ1) is 41.1. The summed E-state index contributed by atoms with van der Waals surface area (Å²) in [5.41, 5.74) is 3.33. The highest BCUT2D eigenvalue weighted by Gasteiger charge is 2.37. The van der Waals surface area contributed by atoms with Gasteiger partial charge in [0, 0.05) is 6.54 Å². The molecule has 1 saturated heterocycles. The van der Waals surface area contributed by atoms with Crippen molar-refractivity contribution in [3.8, 4) is 0 Å². The maximum Gasteiger partial charge on any atom is 0.416 e. The van der Waals surface area contributed by atoms with E-state index >= 15 is 0 Å². The van der Waals surface area contributed by atoms with E-state index in [2.05, 4.69) is 4.99 Å². The molecule has 0 spiro atoms. The molecule has 44 heavy (non-hydrogen) atoms. The lowest BCUT2D eigenvalue weighted by atomic mass is 10.0. The minimum atomic E-state index is -4.88. The van der Waals surface area contributed by atoms with Crippen LogP contribution in [0.5, 0.6) is 0 Å². The Morgan fingerprint density at radius 1 is 1.05 bits per heavy atom. The van der Waals surface area contributed by atoms with Crippen molar-refractivity contribution in [3.63, 3.8) is 0 Å². The predicted molar refractivity (Wildman–Crippen MR) is 153 cm³/mol. The van der Waals surface area contributed by atoms with Gasteiger partial charge in [-0.1, -0.05) is 39.8 Å². The maximum atomic E-state index is 13.0. The molecule has 250 valence electrons. The van der Waals surface area contributed by atoms with Crippen LogP contribution >= 0.6 is 8.53 Å². The number of carbonyl (C=O) groups is 1. The molecule has 2 amide bonds. The van der Waals surface area contributed by atoms with Crippen LogP contribution in [0.3, 0.4) is 0 Å². The minimum absolute atomic E-state index is 0.0197. The number of amides is 2. The van der Waals surface area contributed by atoms with E-state index in [1.807, 2.05) is 37.7 Å². The van der Waals surface area contributed by atoms with Crippen molar-refractivity contribution in [1.82, 2.24) is 9.99 Å². The first-order valence-electron chi connectivity index (χ1n) is 13.3. The summed E-state index contributed by atoms with van der Waals surface area (Å²) in [5, 5.41) is 10.9. The Bertz CT molecular complexity index is 1130. The maximum absolute atomic E-state index is 13.0. The molecule has 1 heterocycles. The van der Waals surface area contributed by atoms with Crippen LogP contribution in [-0.2, 0) is 17.1 Å². The van der Waals surface area contributed by atoms with Crippen LogP contribution in [0.15, 0.2) is 47.5 Å². The van der Waals surface area contributed by atoms with Gasteiger partial charge in [0.25, 0.3) is 8.53 Å². The number of hydrogen-bond acceptors (Lipinski definition) is 6. The number of aliphatic hydroxyl groups excluding tert-OH is 1. The molecule has 17 heteroatoms. The summed E-state index contributed by atoms with van der Waals surface area (Å²) in [4.78, 5) is 34.2. The highest BCUT2D eigenvalue weighted by molar-refractivity contribution is 7.43. The number of nitrogens with zero attached hydrogens (tertiary/aromatic N) is 2.